The molecule has 1 aromatic carbocycles. The minimum Gasteiger partial charge on any atom is -0.332 e. The summed E-state index contributed by atoms with van der Waals surface area (Å²) in [7, 11) is -3.86. The second-order valence-electron chi connectivity index (χ2n) is 3.91. The monoisotopic (exact) mass is 337 g/mol. The second kappa shape index (κ2) is 5.59. The van der Waals surface area contributed by atoms with Crippen LogP contribution in [-0.4, -0.2) is 18.4 Å². The van der Waals surface area contributed by atoms with E-state index in [1.54, 1.807) is 0 Å². The highest BCUT2D eigenvalue weighted by Gasteiger charge is 2.18. The molecule has 9 heteroatoms. The number of sulfonamides is 1. The van der Waals surface area contributed by atoms with E-state index in [0.717, 1.165) is 12.1 Å². The SMILES string of the molecule is CCc1ncc(S(=O)(=O)Nc2cc(Cl)c(F)c(Cl)c2)[nH]1. The number of nitrogens with zero attached hydrogens (tertiary/aromatic N) is 1. The van der Waals surface area contributed by atoms with Gasteiger partial charge >= 0.3 is 0 Å². The maximum atomic E-state index is 13.3. The third-order valence-electron chi connectivity index (χ3n) is 2.47. The van der Waals surface area contributed by atoms with E-state index >= 15 is 0 Å². The lowest BCUT2D eigenvalue weighted by Crippen LogP contribution is -2.13. The fraction of sp³-hybridized carbons (Fsp3) is 0.182. The van der Waals surface area contributed by atoms with Crippen LogP contribution < -0.4 is 4.72 Å². The lowest BCUT2D eigenvalue weighted by Gasteiger charge is -2.08. The molecule has 0 saturated carbocycles. The molecule has 0 spiro atoms. The Morgan fingerprint density at radius 1 is 1.35 bits per heavy atom. The second-order valence-corrected chi connectivity index (χ2v) is 6.37. The molecule has 0 saturated heterocycles. The van der Waals surface area contributed by atoms with Gasteiger partial charge in [0, 0.05) is 6.42 Å². The van der Waals surface area contributed by atoms with Crippen LogP contribution in [0.15, 0.2) is 23.4 Å². The largest absolute Gasteiger partial charge is 0.332 e. The molecule has 2 aromatic rings. The van der Waals surface area contributed by atoms with Gasteiger partial charge in [-0.2, -0.15) is 8.42 Å². The maximum absolute atomic E-state index is 13.3. The molecule has 0 fully saturated rings. The van der Waals surface area contributed by atoms with Crippen LogP contribution in [0.4, 0.5) is 10.1 Å². The van der Waals surface area contributed by atoms with Crippen molar-refractivity contribution in [3.63, 3.8) is 0 Å². The standard InChI is InChI=1S/C11H10Cl2FN3O2S/c1-2-9-15-5-10(16-9)20(18,19)17-6-3-7(12)11(14)8(13)4-6/h3-5,17H,2H2,1H3,(H,15,16). The van der Waals surface area contributed by atoms with Gasteiger partial charge in [0.25, 0.3) is 10.0 Å². The molecule has 2 rings (SSSR count). The predicted molar refractivity (Wildman–Crippen MR) is 75.2 cm³/mol. The summed E-state index contributed by atoms with van der Waals surface area (Å²) in [5, 5.41) is -0.631. The Bertz CT molecular complexity index is 723. The van der Waals surface area contributed by atoms with E-state index in [4.69, 9.17) is 23.2 Å². The number of aryl methyl sites for hydroxylation is 1. The number of hydrogen-bond acceptors (Lipinski definition) is 3. The van der Waals surface area contributed by atoms with Crippen molar-refractivity contribution in [1.82, 2.24) is 9.97 Å². The van der Waals surface area contributed by atoms with Gasteiger partial charge < -0.3 is 4.98 Å². The molecule has 0 aliphatic rings. The van der Waals surface area contributed by atoms with Gasteiger partial charge in [-0.25, -0.2) is 9.37 Å². The molecule has 1 heterocycles. The number of anilines is 1. The average molecular weight is 338 g/mol. The van der Waals surface area contributed by atoms with Crippen LogP contribution in [0.5, 0.6) is 0 Å². The zero-order valence-corrected chi connectivity index (χ0v) is 12.6. The first-order valence-electron chi connectivity index (χ1n) is 5.54. The van der Waals surface area contributed by atoms with Crippen LogP contribution in [0, 0.1) is 5.82 Å². The van der Waals surface area contributed by atoms with Gasteiger partial charge in [0.05, 0.1) is 21.9 Å². The summed E-state index contributed by atoms with van der Waals surface area (Å²) < 4.78 is 39.7. The van der Waals surface area contributed by atoms with Crippen LogP contribution in [0.25, 0.3) is 0 Å². The fourth-order valence-corrected chi connectivity index (χ4v) is 2.95. The first-order valence-corrected chi connectivity index (χ1v) is 7.78. The average Bonchev–Trinajstić information content (AvgIpc) is 2.85. The number of aromatic amines is 1. The molecule has 0 aliphatic heterocycles. The Kier molecular flexibility index (Phi) is 4.22. The summed E-state index contributed by atoms with van der Waals surface area (Å²) in [6, 6.07) is 2.27. The number of hydrogen-bond donors (Lipinski definition) is 2. The van der Waals surface area contributed by atoms with Crippen LogP contribution in [-0.2, 0) is 16.4 Å². The van der Waals surface area contributed by atoms with Crippen LogP contribution >= 0.6 is 23.2 Å². The fourth-order valence-electron chi connectivity index (χ4n) is 1.48. The van der Waals surface area contributed by atoms with Gasteiger partial charge in [-0.1, -0.05) is 30.1 Å². The highest BCUT2D eigenvalue weighted by Crippen LogP contribution is 2.28. The summed E-state index contributed by atoms with van der Waals surface area (Å²) in [5.41, 5.74) is 0.0639. The van der Waals surface area contributed by atoms with E-state index in [-0.39, 0.29) is 20.8 Å². The Balaban J connectivity index is 2.33. The van der Waals surface area contributed by atoms with Gasteiger partial charge in [0.15, 0.2) is 10.8 Å². The van der Waals surface area contributed by atoms with Crippen molar-refractivity contribution < 1.29 is 12.8 Å². The summed E-state index contributed by atoms with van der Waals surface area (Å²) in [6.07, 6.45) is 1.78. The summed E-state index contributed by atoms with van der Waals surface area (Å²) >= 11 is 11.2. The smallest absolute Gasteiger partial charge is 0.278 e. The van der Waals surface area contributed by atoms with E-state index in [2.05, 4.69) is 14.7 Å². The number of nitrogens with one attached hydrogen (secondary N) is 2. The highest BCUT2D eigenvalue weighted by molar-refractivity contribution is 7.92. The number of imidazole rings is 1. The van der Waals surface area contributed by atoms with E-state index < -0.39 is 15.8 Å². The molecule has 0 aliphatic carbocycles. The quantitative estimate of drug-likeness (QED) is 0.841. The summed E-state index contributed by atoms with van der Waals surface area (Å²) in [6.45, 7) is 1.84. The molecule has 0 atom stereocenters. The molecular weight excluding hydrogens is 328 g/mol. The van der Waals surface area contributed by atoms with Crippen LogP contribution in [0.3, 0.4) is 0 Å². The van der Waals surface area contributed by atoms with E-state index in [9.17, 15) is 12.8 Å². The molecule has 0 bridgehead atoms. The van der Waals surface area contributed by atoms with Gasteiger partial charge in [-0.05, 0) is 12.1 Å². The van der Waals surface area contributed by atoms with E-state index in [1.165, 1.54) is 6.20 Å². The number of rotatable bonds is 4. The minimum absolute atomic E-state index is 0.0639. The van der Waals surface area contributed by atoms with Gasteiger partial charge in [0.2, 0.25) is 0 Å². The third kappa shape index (κ3) is 3.05. The van der Waals surface area contributed by atoms with Crippen LogP contribution in [0.2, 0.25) is 10.0 Å². The lowest BCUT2D eigenvalue weighted by molar-refractivity contribution is 0.597. The molecule has 0 unspecified atom stereocenters. The number of halogens is 3. The van der Waals surface area contributed by atoms with Crippen molar-refractivity contribution in [1.29, 1.82) is 0 Å². The zero-order valence-electron chi connectivity index (χ0n) is 10.2. The van der Waals surface area contributed by atoms with E-state index in [0.29, 0.717) is 12.2 Å². The Morgan fingerprint density at radius 3 is 2.45 bits per heavy atom. The molecule has 20 heavy (non-hydrogen) atoms. The van der Waals surface area contributed by atoms with Crippen molar-refractivity contribution in [2.24, 2.45) is 0 Å². The van der Waals surface area contributed by atoms with Gasteiger partial charge in [0.1, 0.15) is 5.82 Å². The van der Waals surface area contributed by atoms with E-state index in [1.807, 2.05) is 6.92 Å². The Morgan fingerprint density at radius 2 is 1.95 bits per heavy atom. The normalized spacial score (nSPS) is 11.6. The topological polar surface area (TPSA) is 74.8 Å². The van der Waals surface area contributed by atoms with Crippen molar-refractivity contribution in [3.8, 4) is 0 Å². The number of H-pyrrole nitrogens is 1. The Hall–Kier alpha value is -1.31. The molecule has 108 valence electrons. The molecule has 0 amide bonds. The molecular formula is C11H10Cl2FN3O2S. The molecule has 1 aromatic heterocycles. The minimum atomic E-state index is -3.86. The van der Waals surface area contributed by atoms with Gasteiger partial charge in [-0.3, -0.25) is 4.72 Å². The highest BCUT2D eigenvalue weighted by atomic mass is 35.5. The lowest BCUT2D eigenvalue weighted by atomic mass is 10.3. The Labute approximate surface area is 125 Å². The first-order chi connectivity index (χ1) is 9.33. The maximum Gasteiger partial charge on any atom is 0.278 e. The molecule has 5 nitrogen and oxygen atoms in total. The zero-order chi connectivity index (χ0) is 14.9. The van der Waals surface area contributed by atoms with Gasteiger partial charge in [-0.15, -0.1) is 0 Å². The van der Waals surface area contributed by atoms with Crippen molar-refractivity contribution in [2.75, 3.05) is 4.72 Å². The number of benzene rings is 1. The van der Waals surface area contributed by atoms with Crippen molar-refractivity contribution in [3.05, 3.63) is 40.0 Å². The molecule has 0 radical (unpaired) electrons. The number of aromatic nitrogens is 2. The third-order valence-corrected chi connectivity index (χ3v) is 4.31. The van der Waals surface area contributed by atoms with Crippen molar-refractivity contribution in [2.45, 2.75) is 18.4 Å². The molecule has 2 N–H and O–H groups in total. The summed E-state index contributed by atoms with van der Waals surface area (Å²) in [5.74, 6) is -0.258. The summed E-state index contributed by atoms with van der Waals surface area (Å²) in [4.78, 5) is 6.57. The first kappa shape index (κ1) is 15.1. The van der Waals surface area contributed by atoms with Crippen molar-refractivity contribution >= 4 is 38.9 Å². The van der Waals surface area contributed by atoms with Crippen LogP contribution in [0.1, 0.15) is 12.7 Å². The predicted octanol–water partition coefficient (Wildman–Crippen LogP) is 3.22.